The Morgan fingerprint density at radius 2 is 1.03 bits per heavy atom. The average molecular weight is 886 g/mol. The molecule has 0 N–H and O–H groups in total. The third-order valence-electron chi connectivity index (χ3n) is 14.6. The maximum Gasteiger partial charge on any atom is 0.0788 e. The highest BCUT2D eigenvalue weighted by Gasteiger charge is 2.36. The van der Waals surface area contributed by atoms with Crippen molar-refractivity contribution in [2.75, 3.05) is 4.90 Å². The summed E-state index contributed by atoms with van der Waals surface area (Å²) < 4.78 is 5.01. The first kappa shape index (κ1) is 38.9. The van der Waals surface area contributed by atoms with E-state index >= 15 is 0 Å². The SMILES string of the molecule is CC1(C)c2ccccc2-c2ccc(N(c3ccc(-c4ccc5c6ccccc6n(-c6ccccc6)c5c4)cc3)c3ccc(-c4nc5ccccc5c5c4ccc4c6ccccc6sc45)cc3)cc21. The van der Waals surface area contributed by atoms with Gasteiger partial charge in [0.1, 0.15) is 0 Å². The van der Waals surface area contributed by atoms with Gasteiger partial charge in [-0.15, -0.1) is 11.3 Å². The molecule has 68 heavy (non-hydrogen) atoms. The highest BCUT2D eigenvalue weighted by molar-refractivity contribution is 7.26. The topological polar surface area (TPSA) is 21.1 Å². The lowest BCUT2D eigenvalue weighted by Crippen LogP contribution is -2.16. The van der Waals surface area contributed by atoms with E-state index in [2.05, 4.69) is 248 Å². The van der Waals surface area contributed by atoms with Gasteiger partial charge in [0.05, 0.1) is 22.2 Å². The minimum absolute atomic E-state index is 0.134. The van der Waals surface area contributed by atoms with Crippen LogP contribution < -0.4 is 4.90 Å². The molecule has 1 aliphatic carbocycles. The lowest BCUT2D eigenvalue weighted by molar-refractivity contribution is 0.660. The Morgan fingerprint density at radius 1 is 0.426 bits per heavy atom. The minimum atomic E-state index is -0.134. The van der Waals surface area contributed by atoms with Gasteiger partial charge >= 0.3 is 0 Å². The molecular formula is C64H43N3S. The first-order valence-electron chi connectivity index (χ1n) is 23.4. The summed E-state index contributed by atoms with van der Waals surface area (Å²) in [6.07, 6.45) is 0. The molecule has 0 bridgehead atoms. The first-order valence-corrected chi connectivity index (χ1v) is 24.3. The van der Waals surface area contributed by atoms with Crippen LogP contribution >= 0.6 is 11.3 Å². The molecule has 0 amide bonds. The van der Waals surface area contributed by atoms with Gasteiger partial charge in [0.25, 0.3) is 0 Å². The van der Waals surface area contributed by atoms with E-state index in [0.29, 0.717) is 0 Å². The number of benzene rings is 10. The van der Waals surface area contributed by atoms with Crippen LogP contribution in [0, 0.1) is 0 Å². The molecule has 13 aromatic rings. The van der Waals surface area contributed by atoms with Crippen molar-refractivity contribution < 1.29 is 0 Å². The van der Waals surface area contributed by atoms with E-state index in [0.717, 1.165) is 39.5 Å². The molecular weight excluding hydrogens is 843 g/mol. The molecule has 14 rings (SSSR count). The largest absolute Gasteiger partial charge is 0.310 e. The van der Waals surface area contributed by atoms with Gasteiger partial charge in [0.15, 0.2) is 0 Å². The zero-order valence-electron chi connectivity index (χ0n) is 37.6. The van der Waals surface area contributed by atoms with E-state index in [1.807, 2.05) is 11.3 Å². The fraction of sp³-hybridized carbons (Fsp3) is 0.0469. The van der Waals surface area contributed by atoms with Crippen LogP contribution in [-0.2, 0) is 5.41 Å². The number of anilines is 3. The van der Waals surface area contributed by atoms with Gasteiger partial charge in [-0.25, -0.2) is 4.98 Å². The van der Waals surface area contributed by atoms with Crippen molar-refractivity contribution in [1.29, 1.82) is 0 Å². The molecule has 0 spiro atoms. The van der Waals surface area contributed by atoms with E-state index in [-0.39, 0.29) is 5.41 Å². The smallest absolute Gasteiger partial charge is 0.0788 e. The van der Waals surface area contributed by atoms with Crippen LogP contribution in [0.25, 0.3) is 103 Å². The van der Waals surface area contributed by atoms with Crippen molar-refractivity contribution in [1.82, 2.24) is 9.55 Å². The zero-order valence-corrected chi connectivity index (χ0v) is 38.4. The third kappa shape index (κ3) is 5.81. The molecule has 0 saturated heterocycles. The van der Waals surface area contributed by atoms with E-state index in [9.17, 15) is 0 Å². The number of nitrogens with zero attached hydrogens (tertiary/aromatic N) is 3. The molecule has 3 heterocycles. The highest BCUT2D eigenvalue weighted by Crippen LogP contribution is 2.51. The highest BCUT2D eigenvalue weighted by atomic mass is 32.1. The summed E-state index contributed by atoms with van der Waals surface area (Å²) in [6, 6.07) is 82.4. The molecule has 0 radical (unpaired) electrons. The van der Waals surface area contributed by atoms with Crippen molar-refractivity contribution in [3.63, 3.8) is 0 Å². The summed E-state index contributed by atoms with van der Waals surface area (Å²) in [5.41, 5.74) is 17.5. The van der Waals surface area contributed by atoms with E-state index in [1.54, 1.807) is 0 Å². The van der Waals surface area contributed by atoms with Gasteiger partial charge in [-0.05, 0) is 106 Å². The van der Waals surface area contributed by atoms with Gasteiger partial charge < -0.3 is 9.47 Å². The van der Waals surface area contributed by atoms with Crippen molar-refractivity contribution in [3.05, 3.63) is 236 Å². The number of pyridine rings is 1. The number of thiophene rings is 1. The summed E-state index contributed by atoms with van der Waals surface area (Å²) >= 11 is 1.88. The van der Waals surface area contributed by atoms with Crippen molar-refractivity contribution in [2.45, 2.75) is 19.3 Å². The van der Waals surface area contributed by atoms with Crippen LogP contribution in [0.3, 0.4) is 0 Å². The van der Waals surface area contributed by atoms with Gasteiger partial charge in [-0.3, -0.25) is 0 Å². The molecule has 10 aromatic carbocycles. The van der Waals surface area contributed by atoms with Crippen LogP contribution in [0.5, 0.6) is 0 Å². The Morgan fingerprint density at radius 3 is 1.85 bits per heavy atom. The molecule has 320 valence electrons. The number of hydrogen-bond donors (Lipinski definition) is 0. The van der Waals surface area contributed by atoms with Crippen LogP contribution in [-0.4, -0.2) is 9.55 Å². The Kier molecular flexibility index (Phi) is 8.50. The van der Waals surface area contributed by atoms with Crippen molar-refractivity contribution in [2.24, 2.45) is 0 Å². The number of fused-ring (bicyclic) bond motifs is 13. The van der Waals surface area contributed by atoms with Crippen molar-refractivity contribution in [3.8, 4) is 39.2 Å². The molecule has 4 heteroatoms. The maximum atomic E-state index is 5.38. The van der Waals surface area contributed by atoms with Gasteiger partial charge in [-0.1, -0.05) is 166 Å². The third-order valence-corrected chi connectivity index (χ3v) is 15.8. The monoisotopic (exact) mass is 885 g/mol. The fourth-order valence-electron chi connectivity index (χ4n) is 11.3. The normalized spacial score (nSPS) is 13.0. The summed E-state index contributed by atoms with van der Waals surface area (Å²) in [4.78, 5) is 7.79. The molecule has 1 aliphatic rings. The lowest BCUT2D eigenvalue weighted by atomic mass is 9.82. The summed E-state index contributed by atoms with van der Waals surface area (Å²) in [5, 5.41) is 8.75. The Hall–Kier alpha value is -8.31. The summed E-state index contributed by atoms with van der Waals surface area (Å²) in [7, 11) is 0. The fourth-order valence-corrected chi connectivity index (χ4v) is 12.6. The zero-order chi connectivity index (χ0) is 45.1. The molecule has 0 fully saturated rings. The predicted molar refractivity (Wildman–Crippen MR) is 290 cm³/mol. The molecule has 0 saturated carbocycles. The number of rotatable bonds is 6. The Balaban J connectivity index is 0.903. The van der Waals surface area contributed by atoms with Gasteiger partial charge in [0.2, 0.25) is 0 Å². The second-order valence-electron chi connectivity index (χ2n) is 18.7. The van der Waals surface area contributed by atoms with Gasteiger partial charge in [-0.2, -0.15) is 0 Å². The second kappa shape index (κ2) is 14.8. The minimum Gasteiger partial charge on any atom is -0.310 e. The number of hydrogen-bond acceptors (Lipinski definition) is 3. The lowest BCUT2D eigenvalue weighted by Gasteiger charge is -2.28. The van der Waals surface area contributed by atoms with Crippen LogP contribution in [0.1, 0.15) is 25.0 Å². The van der Waals surface area contributed by atoms with E-state index in [4.69, 9.17) is 4.98 Å². The number of aromatic nitrogens is 2. The van der Waals surface area contributed by atoms with Gasteiger partial charge in [0, 0.05) is 80.8 Å². The molecule has 3 nitrogen and oxygen atoms in total. The standard InChI is InChI=1S/C64H43N3S/c1-64(2)55-20-10-6-16-47(55)48-35-33-46(39-56(48)64)66(44-29-24-40(25-30-44)42-28-34-50-49-17-8-12-22-58(49)67(59(50)38-42)43-14-4-3-5-15-43)45-31-26-41(27-32-45)62-54-37-36-52-51-18-9-13-23-60(51)68-63(52)61(54)53-19-7-11-21-57(53)65-62/h3-39H,1-2H3. The van der Waals surface area contributed by atoms with Crippen molar-refractivity contribution >= 4 is 92.1 Å². The molecule has 0 atom stereocenters. The van der Waals surface area contributed by atoms with Crippen LogP contribution in [0.4, 0.5) is 17.1 Å². The molecule has 0 unspecified atom stereocenters. The Bertz CT molecular complexity index is 4160. The summed E-state index contributed by atoms with van der Waals surface area (Å²) in [5.74, 6) is 0. The van der Waals surface area contributed by atoms with E-state index in [1.165, 1.54) is 91.5 Å². The molecule has 0 aliphatic heterocycles. The van der Waals surface area contributed by atoms with Crippen LogP contribution in [0.15, 0.2) is 224 Å². The predicted octanol–water partition coefficient (Wildman–Crippen LogP) is 18.0. The number of para-hydroxylation sites is 3. The summed E-state index contributed by atoms with van der Waals surface area (Å²) in [6.45, 7) is 4.72. The molecule has 3 aromatic heterocycles. The quantitative estimate of drug-likeness (QED) is 0.155. The Labute approximate surface area is 398 Å². The van der Waals surface area contributed by atoms with E-state index < -0.39 is 0 Å². The second-order valence-corrected chi connectivity index (χ2v) is 19.7. The average Bonchev–Trinajstić information content (AvgIpc) is 4.02. The maximum absolute atomic E-state index is 5.38. The van der Waals surface area contributed by atoms with Crippen LogP contribution in [0.2, 0.25) is 0 Å². The first-order chi connectivity index (χ1) is 33.5.